The van der Waals surface area contributed by atoms with Gasteiger partial charge in [0.2, 0.25) is 5.91 Å². The molecule has 2 unspecified atom stereocenters. The molecule has 0 aromatic heterocycles. The Labute approximate surface area is 118 Å². The van der Waals surface area contributed by atoms with E-state index >= 15 is 0 Å². The molecule has 0 aliphatic rings. The second kappa shape index (κ2) is 7.81. The molecule has 0 spiro atoms. The molecule has 2 atom stereocenters. The number of amides is 1. The fraction of sp³-hybridized carbons (Fsp3) is 0.500. The van der Waals surface area contributed by atoms with Gasteiger partial charge in [0.1, 0.15) is 11.6 Å². The quantitative estimate of drug-likeness (QED) is 0.793. The van der Waals surface area contributed by atoms with Crippen molar-refractivity contribution in [2.75, 3.05) is 20.8 Å². The van der Waals surface area contributed by atoms with Gasteiger partial charge in [0.15, 0.2) is 0 Å². The average molecular weight is 284 g/mol. The van der Waals surface area contributed by atoms with E-state index in [9.17, 15) is 9.18 Å². The molecule has 1 aromatic carbocycles. The van der Waals surface area contributed by atoms with Gasteiger partial charge < -0.3 is 20.5 Å². The molecule has 20 heavy (non-hydrogen) atoms. The van der Waals surface area contributed by atoms with Crippen molar-refractivity contribution in [3.05, 3.63) is 29.6 Å². The molecule has 3 N–H and O–H groups in total. The zero-order valence-electron chi connectivity index (χ0n) is 12.0. The van der Waals surface area contributed by atoms with E-state index in [0.29, 0.717) is 24.3 Å². The van der Waals surface area contributed by atoms with Crippen LogP contribution in [0, 0.1) is 5.82 Å². The minimum atomic E-state index is -0.656. The Kier molecular flexibility index (Phi) is 6.41. The summed E-state index contributed by atoms with van der Waals surface area (Å²) in [6.07, 6.45) is 0.426. The monoisotopic (exact) mass is 284 g/mol. The van der Waals surface area contributed by atoms with Crippen molar-refractivity contribution in [3.8, 4) is 5.75 Å². The Morgan fingerprint density at radius 3 is 2.75 bits per heavy atom. The van der Waals surface area contributed by atoms with Gasteiger partial charge in [-0.3, -0.25) is 4.79 Å². The van der Waals surface area contributed by atoms with E-state index in [0.717, 1.165) is 0 Å². The summed E-state index contributed by atoms with van der Waals surface area (Å²) in [4.78, 5) is 11.9. The third-order valence-electron chi connectivity index (χ3n) is 2.99. The topological polar surface area (TPSA) is 73.6 Å². The van der Waals surface area contributed by atoms with Crippen LogP contribution in [0.25, 0.3) is 0 Å². The lowest BCUT2D eigenvalue weighted by Crippen LogP contribution is -2.42. The zero-order valence-corrected chi connectivity index (χ0v) is 12.0. The van der Waals surface area contributed by atoms with E-state index < -0.39 is 12.1 Å². The molecule has 1 rings (SSSR count). The first-order valence-electron chi connectivity index (χ1n) is 6.38. The van der Waals surface area contributed by atoms with Gasteiger partial charge >= 0.3 is 0 Å². The number of benzene rings is 1. The van der Waals surface area contributed by atoms with E-state index in [1.807, 2.05) is 0 Å². The van der Waals surface area contributed by atoms with Crippen molar-refractivity contribution in [1.82, 2.24) is 5.32 Å². The Morgan fingerprint density at radius 1 is 1.45 bits per heavy atom. The summed E-state index contributed by atoms with van der Waals surface area (Å²) in [5.41, 5.74) is 6.30. The molecule has 1 aromatic rings. The van der Waals surface area contributed by atoms with Gasteiger partial charge in [0.05, 0.1) is 19.2 Å². The maximum Gasteiger partial charge on any atom is 0.237 e. The Bertz CT molecular complexity index is 454. The number of ether oxygens (including phenoxy) is 2. The number of hydrogen-bond donors (Lipinski definition) is 2. The van der Waals surface area contributed by atoms with Gasteiger partial charge in [0.25, 0.3) is 0 Å². The highest BCUT2D eigenvalue weighted by Crippen LogP contribution is 2.25. The average Bonchev–Trinajstić information content (AvgIpc) is 2.44. The van der Waals surface area contributed by atoms with Gasteiger partial charge in [-0.05, 0) is 31.5 Å². The Hall–Kier alpha value is -1.66. The minimum Gasteiger partial charge on any atom is -0.496 e. The number of nitrogens with one attached hydrogen (secondary N) is 1. The molecule has 5 nitrogen and oxygen atoms in total. The molecule has 0 aliphatic heterocycles. The molecule has 0 radical (unpaired) electrons. The maximum atomic E-state index is 13.3. The Morgan fingerprint density at radius 2 is 2.15 bits per heavy atom. The predicted molar refractivity (Wildman–Crippen MR) is 74.0 cm³/mol. The summed E-state index contributed by atoms with van der Waals surface area (Å²) in [6.45, 7) is 2.16. The smallest absolute Gasteiger partial charge is 0.237 e. The van der Waals surface area contributed by atoms with Crippen molar-refractivity contribution in [1.29, 1.82) is 0 Å². The highest BCUT2D eigenvalue weighted by Gasteiger charge is 2.19. The van der Waals surface area contributed by atoms with Crippen LogP contribution >= 0.6 is 0 Å². The van der Waals surface area contributed by atoms with Crippen LogP contribution in [0.2, 0.25) is 0 Å². The van der Waals surface area contributed by atoms with E-state index in [-0.39, 0.29) is 11.7 Å². The molecule has 0 heterocycles. The summed E-state index contributed by atoms with van der Waals surface area (Å²) < 4.78 is 23.3. The van der Waals surface area contributed by atoms with Crippen molar-refractivity contribution in [2.45, 2.75) is 25.4 Å². The van der Waals surface area contributed by atoms with E-state index in [2.05, 4.69) is 5.32 Å². The van der Waals surface area contributed by atoms with Gasteiger partial charge in [-0.25, -0.2) is 4.39 Å². The number of halogens is 1. The van der Waals surface area contributed by atoms with E-state index in [4.69, 9.17) is 15.2 Å². The molecular weight excluding hydrogens is 263 g/mol. The first-order chi connectivity index (χ1) is 9.49. The molecule has 0 saturated heterocycles. The molecular formula is C14H21FN2O3. The maximum absolute atomic E-state index is 13.3. The van der Waals surface area contributed by atoms with Crippen LogP contribution in [0.5, 0.6) is 5.75 Å². The van der Waals surface area contributed by atoms with Crippen molar-refractivity contribution < 1.29 is 18.7 Å². The highest BCUT2D eigenvalue weighted by atomic mass is 19.1. The van der Waals surface area contributed by atoms with Crippen LogP contribution in [0.1, 0.15) is 24.9 Å². The lowest BCUT2D eigenvalue weighted by atomic mass is 10.1. The molecule has 6 heteroatoms. The van der Waals surface area contributed by atoms with Gasteiger partial charge in [-0.2, -0.15) is 0 Å². The number of carbonyl (C=O) groups is 1. The lowest BCUT2D eigenvalue weighted by Gasteiger charge is -2.19. The third-order valence-corrected chi connectivity index (χ3v) is 2.99. The first-order valence-corrected chi connectivity index (χ1v) is 6.38. The molecule has 0 fully saturated rings. The SMILES string of the molecule is COCCC(N)C(=O)NC(C)c1cc(F)ccc1OC. The predicted octanol–water partition coefficient (Wildman–Crippen LogP) is 1.38. The summed E-state index contributed by atoms with van der Waals surface area (Å²) in [7, 11) is 3.04. The van der Waals surface area contributed by atoms with Crippen molar-refractivity contribution in [3.63, 3.8) is 0 Å². The molecule has 1 amide bonds. The fourth-order valence-electron chi connectivity index (χ4n) is 1.82. The fourth-order valence-corrected chi connectivity index (χ4v) is 1.82. The summed E-state index contributed by atoms with van der Waals surface area (Å²) >= 11 is 0. The van der Waals surface area contributed by atoms with Crippen molar-refractivity contribution >= 4 is 5.91 Å². The lowest BCUT2D eigenvalue weighted by molar-refractivity contribution is -0.123. The summed E-state index contributed by atoms with van der Waals surface area (Å²) in [6, 6.07) is 3.11. The summed E-state index contributed by atoms with van der Waals surface area (Å²) in [5, 5.41) is 2.74. The third kappa shape index (κ3) is 4.47. The normalized spacial score (nSPS) is 13.7. The Balaban J connectivity index is 2.73. The second-order valence-electron chi connectivity index (χ2n) is 4.50. The molecule has 112 valence electrons. The van der Waals surface area contributed by atoms with Crippen LogP contribution < -0.4 is 15.8 Å². The minimum absolute atomic E-state index is 0.305. The number of hydrogen-bond acceptors (Lipinski definition) is 4. The summed E-state index contributed by atoms with van der Waals surface area (Å²) in [5.74, 6) is -0.170. The number of methoxy groups -OCH3 is 2. The second-order valence-corrected chi connectivity index (χ2v) is 4.50. The number of carbonyl (C=O) groups excluding carboxylic acids is 1. The van der Waals surface area contributed by atoms with E-state index in [1.54, 1.807) is 14.0 Å². The zero-order chi connectivity index (χ0) is 15.1. The van der Waals surface area contributed by atoms with Gasteiger partial charge in [-0.1, -0.05) is 0 Å². The first kappa shape index (κ1) is 16.4. The van der Waals surface area contributed by atoms with Crippen LogP contribution in [0.15, 0.2) is 18.2 Å². The van der Waals surface area contributed by atoms with Crippen LogP contribution in [-0.2, 0) is 9.53 Å². The largest absolute Gasteiger partial charge is 0.496 e. The standard InChI is InChI=1S/C14H21FN2O3/c1-9(17-14(18)12(16)6-7-19-2)11-8-10(15)4-5-13(11)20-3/h4-5,8-9,12H,6-7,16H2,1-3H3,(H,17,18). The van der Waals surface area contributed by atoms with Crippen LogP contribution in [0.3, 0.4) is 0 Å². The van der Waals surface area contributed by atoms with Crippen LogP contribution in [-0.4, -0.2) is 32.8 Å². The molecule has 0 aliphatic carbocycles. The molecule has 0 saturated carbocycles. The number of nitrogens with two attached hydrogens (primary N) is 1. The van der Waals surface area contributed by atoms with Gasteiger partial charge in [0, 0.05) is 19.3 Å². The number of rotatable bonds is 7. The van der Waals surface area contributed by atoms with Gasteiger partial charge in [-0.15, -0.1) is 0 Å². The van der Waals surface area contributed by atoms with Crippen molar-refractivity contribution in [2.24, 2.45) is 5.73 Å². The van der Waals surface area contributed by atoms with Crippen LogP contribution in [0.4, 0.5) is 4.39 Å². The molecule has 0 bridgehead atoms. The van der Waals surface area contributed by atoms with E-state index in [1.165, 1.54) is 25.3 Å². The highest BCUT2D eigenvalue weighted by molar-refractivity contribution is 5.81.